The van der Waals surface area contributed by atoms with Gasteiger partial charge in [0.2, 0.25) is 22.5 Å². The Balaban J connectivity index is 1.80. The van der Waals surface area contributed by atoms with E-state index in [0.29, 0.717) is 24.3 Å². The smallest absolute Gasteiger partial charge is 0.225 e. The molecule has 1 N–H and O–H groups in total. The Morgan fingerprint density at radius 2 is 1.65 bits per heavy atom. The molecule has 26 heavy (non-hydrogen) atoms. The lowest BCUT2D eigenvalue weighted by Crippen LogP contribution is -2.25. The number of carbonyl (C=O) groups excluding carboxylic acids is 2. The molecule has 1 aliphatic carbocycles. The van der Waals surface area contributed by atoms with Crippen LogP contribution in [0.1, 0.15) is 26.3 Å². The zero-order valence-corrected chi connectivity index (χ0v) is 15.0. The molecule has 2 aromatic carbocycles. The number of ketones is 2. The molecule has 6 nitrogen and oxygen atoms in total. The second kappa shape index (κ2) is 6.26. The van der Waals surface area contributed by atoms with E-state index in [1.54, 1.807) is 36.4 Å². The molecular formula is C18H13ClN2O4S. The third kappa shape index (κ3) is 2.51. The van der Waals surface area contributed by atoms with E-state index < -0.39 is 22.5 Å². The van der Waals surface area contributed by atoms with Crippen molar-refractivity contribution >= 4 is 45.4 Å². The van der Waals surface area contributed by atoms with Crippen LogP contribution in [0.5, 0.6) is 0 Å². The van der Waals surface area contributed by atoms with E-state index in [-0.39, 0.29) is 21.9 Å². The molecule has 0 bridgehead atoms. The Morgan fingerprint density at radius 3 is 2.35 bits per heavy atom. The van der Waals surface area contributed by atoms with Gasteiger partial charge in [-0.25, -0.2) is 8.42 Å². The van der Waals surface area contributed by atoms with Gasteiger partial charge in [-0.05, 0) is 18.1 Å². The van der Waals surface area contributed by atoms with Crippen LogP contribution in [0.25, 0.3) is 0 Å². The normalized spacial score (nSPS) is 16.2. The predicted molar refractivity (Wildman–Crippen MR) is 99.4 cm³/mol. The van der Waals surface area contributed by atoms with Crippen molar-refractivity contribution in [2.24, 2.45) is 0 Å². The van der Waals surface area contributed by atoms with Gasteiger partial charge in [0, 0.05) is 17.7 Å². The van der Waals surface area contributed by atoms with Crippen LogP contribution in [0.4, 0.5) is 11.4 Å². The van der Waals surface area contributed by atoms with Gasteiger partial charge in [-0.3, -0.25) is 13.9 Å². The van der Waals surface area contributed by atoms with E-state index in [4.69, 9.17) is 11.6 Å². The van der Waals surface area contributed by atoms with Crippen LogP contribution in [-0.4, -0.2) is 26.5 Å². The summed E-state index contributed by atoms with van der Waals surface area (Å²) in [6, 6.07) is 11.7. The second-order valence-electron chi connectivity index (χ2n) is 5.94. The molecule has 2 aliphatic rings. The third-order valence-corrected chi connectivity index (χ3v) is 5.64. The maximum Gasteiger partial charge on any atom is 0.225 e. The number of rotatable bonds is 3. The van der Waals surface area contributed by atoms with Crippen LogP contribution in [0.3, 0.4) is 0 Å². The molecule has 0 fully saturated rings. The Labute approximate surface area is 156 Å². The molecule has 0 aromatic heterocycles. The molecule has 4 rings (SSSR count). The van der Waals surface area contributed by atoms with Gasteiger partial charge in [0.25, 0.3) is 0 Å². The largest absolute Gasteiger partial charge is 0.349 e. The van der Waals surface area contributed by atoms with Gasteiger partial charge < -0.3 is 5.32 Å². The van der Waals surface area contributed by atoms with E-state index >= 15 is 0 Å². The van der Waals surface area contributed by atoms with E-state index in [1.165, 1.54) is 4.31 Å². The molecule has 1 heterocycles. The first-order valence-corrected chi connectivity index (χ1v) is 9.39. The summed E-state index contributed by atoms with van der Waals surface area (Å²) in [5.74, 6) is -0.845. The van der Waals surface area contributed by atoms with Gasteiger partial charge >= 0.3 is 0 Å². The summed E-state index contributed by atoms with van der Waals surface area (Å²) in [5, 5.41) is 2.70. The van der Waals surface area contributed by atoms with E-state index in [9.17, 15) is 18.0 Å². The van der Waals surface area contributed by atoms with Crippen LogP contribution in [-0.2, 0) is 17.3 Å². The van der Waals surface area contributed by atoms with Gasteiger partial charge in [-0.15, -0.1) is 0 Å². The fraction of sp³-hybridized carbons (Fsp3) is 0.111. The van der Waals surface area contributed by atoms with Gasteiger partial charge in [0.1, 0.15) is 10.7 Å². The van der Waals surface area contributed by atoms with Crippen molar-refractivity contribution in [2.75, 3.05) is 16.2 Å². The lowest BCUT2D eigenvalue weighted by atomic mass is 9.92. The summed E-state index contributed by atoms with van der Waals surface area (Å²) in [4.78, 5) is 25.3. The van der Waals surface area contributed by atoms with Crippen LogP contribution in [0.2, 0.25) is 0 Å². The SMILES string of the molecule is O=C1C(Cl)=C(Nc2cccc3c2N([SH](=O)=O)CC3)C(=O)c2ccccc21. The Bertz CT molecular complexity index is 1070. The van der Waals surface area contributed by atoms with E-state index in [2.05, 4.69) is 5.32 Å². The average Bonchev–Trinajstić information content (AvgIpc) is 3.08. The molecule has 0 saturated carbocycles. The summed E-state index contributed by atoms with van der Waals surface area (Å²) >= 11 is 6.17. The number of thiol groups is 1. The fourth-order valence-corrected chi connectivity index (χ4v) is 4.19. The van der Waals surface area contributed by atoms with Crippen LogP contribution >= 0.6 is 11.6 Å². The molecule has 132 valence electrons. The number of hydrogen-bond acceptors (Lipinski definition) is 5. The highest BCUT2D eigenvalue weighted by Gasteiger charge is 2.32. The Hall–Kier alpha value is -2.64. The fourth-order valence-electron chi connectivity index (χ4n) is 3.29. The third-order valence-electron chi connectivity index (χ3n) is 4.49. The lowest BCUT2D eigenvalue weighted by molar-refractivity contribution is 0.0982. The van der Waals surface area contributed by atoms with E-state index in [1.807, 2.05) is 6.07 Å². The number of benzene rings is 2. The van der Waals surface area contributed by atoms with Crippen molar-refractivity contribution in [1.29, 1.82) is 0 Å². The molecule has 0 unspecified atom stereocenters. The zero-order valence-electron chi connectivity index (χ0n) is 13.4. The molecule has 0 radical (unpaired) electrons. The molecule has 0 spiro atoms. The first-order chi connectivity index (χ1) is 12.5. The summed E-state index contributed by atoms with van der Waals surface area (Å²) in [6.45, 7) is 0.342. The summed E-state index contributed by atoms with van der Waals surface area (Å²) in [6.07, 6.45) is 0.580. The minimum atomic E-state index is -2.81. The number of nitrogens with one attached hydrogen (secondary N) is 1. The van der Waals surface area contributed by atoms with Crippen LogP contribution < -0.4 is 9.62 Å². The van der Waals surface area contributed by atoms with Crippen molar-refractivity contribution in [1.82, 2.24) is 0 Å². The number of fused-ring (bicyclic) bond motifs is 2. The highest BCUT2D eigenvalue weighted by Crippen LogP contribution is 2.38. The molecule has 0 saturated heterocycles. The standard InChI is InChI=1S/C18H13ClN2O4S/c19-14-15(18(23)12-6-2-1-5-11(12)17(14)22)20-13-7-3-4-10-8-9-21(16(10)13)26(24)25/h1-7,20,26H,8-9H2. The Kier molecular flexibility index (Phi) is 4.05. The van der Waals surface area contributed by atoms with Gasteiger partial charge in [0.15, 0.2) is 0 Å². The number of anilines is 2. The number of para-hydroxylation sites is 1. The predicted octanol–water partition coefficient (Wildman–Crippen LogP) is 2.52. The van der Waals surface area contributed by atoms with Crippen molar-refractivity contribution in [3.05, 3.63) is 69.9 Å². The Morgan fingerprint density at radius 1 is 0.962 bits per heavy atom. The minimum absolute atomic E-state index is 0.0447. The summed E-state index contributed by atoms with van der Waals surface area (Å²) in [5.41, 5.74) is 2.24. The van der Waals surface area contributed by atoms with Crippen LogP contribution in [0, 0.1) is 0 Å². The molecule has 0 amide bonds. The van der Waals surface area contributed by atoms with Crippen molar-refractivity contribution in [3.8, 4) is 0 Å². The van der Waals surface area contributed by atoms with E-state index in [0.717, 1.165) is 5.56 Å². The monoisotopic (exact) mass is 388 g/mol. The highest BCUT2D eigenvalue weighted by molar-refractivity contribution is 7.74. The molecule has 0 atom stereocenters. The van der Waals surface area contributed by atoms with Gasteiger partial charge in [-0.1, -0.05) is 48.0 Å². The molecule has 2 aromatic rings. The minimum Gasteiger partial charge on any atom is -0.349 e. The number of hydrogen-bond donors (Lipinski definition) is 2. The zero-order chi connectivity index (χ0) is 18.4. The topological polar surface area (TPSA) is 83.6 Å². The van der Waals surface area contributed by atoms with Crippen molar-refractivity contribution in [3.63, 3.8) is 0 Å². The highest BCUT2D eigenvalue weighted by atomic mass is 35.5. The maximum absolute atomic E-state index is 12.8. The van der Waals surface area contributed by atoms with Gasteiger partial charge in [0.05, 0.1) is 11.4 Å². The number of nitrogens with zero attached hydrogens (tertiary/aromatic N) is 1. The number of allylic oxidation sites excluding steroid dienone is 2. The van der Waals surface area contributed by atoms with Crippen LogP contribution in [0.15, 0.2) is 53.2 Å². The first-order valence-electron chi connectivity index (χ1n) is 7.88. The lowest BCUT2D eigenvalue weighted by Gasteiger charge is -2.21. The number of carbonyl (C=O) groups is 2. The molecule has 8 heteroatoms. The van der Waals surface area contributed by atoms with Crippen molar-refractivity contribution < 1.29 is 18.0 Å². The quantitative estimate of drug-likeness (QED) is 0.789. The first kappa shape index (κ1) is 16.8. The summed E-state index contributed by atoms with van der Waals surface area (Å²) in [7, 11) is -2.81. The average molecular weight is 389 g/mol. The molecule has 1 aliphatic heterocycles. The maximum atomic E-state index is 12.8. The van der Waals surface area contributed by atoms with Gasteiger partial charge in [-0.2, -0.15) is 0 Å². The van der Waals surface area contributed by atoms with Crippen molar-refractivity contribution in [2.45, 2.75) is 6.42 Å². The number of halogens is 1. The molecular weight excluding hydrogens is 376 g/mol. The second-order valence-corrected chi connectivity index (χ2v) is 7.28. The summed E-state index contributed by atoms with van der Waals surface area (Å²) < 4.78 is 24.3. The number of Topliss-reactive ketones (excluding diaryl/α,β-unsaturated/α-hetero) is 2.